The van der Waals surface area contributed by atoms with Gasteiger partial charge in [-0.1, -0.05) is 15.9 Å². The van der Waals surface area contributed by atoms with E-state index < -0.39 is 0 Å². The molecule has 0 fully saturated rings. The van der Waals surface area contributed by atoms with Crippen LogP contribution in [0.2, 0.25) is 0 Å². The molecule has 2 aromatic carbocycles. The zero-order valence-corrected chi connectivity index (χ0v) is 12.9. The number of anilines is 2. The second-order valence-electron chi connectivity index (χ2n) is 4.76. The number of nitrogen functional groups attached to an aromatic ring is 1. The molecule has 0 aliphatic carbocycles. The summed E-state index contributed by atoms with van der Waals surface area (Å²) in [6.07, 6.45) is 1.90. The molecule has 3 aromatic rings. The Hall–Kier alpha value is -2.34. The number of carbonyl (C=O) groups excluding carboxylic acids is 1. The first-order chi connectivity index (χ1) is 10.0. The molecule has 0 saturated heterocycles. The second-order valence-corrected chi connectivity index (χ2v) is 5.68. The summed E-state index contributed by atoms with van der Waals surface area (Å²) in [5, 5.41) is 8.12. The standard InChI is InChI=1S/C15H13BrN4O/c1-20-8-9-6-11(3-5-14(9)19-20)18-15(21)12-7-10(16)2-4-13(12)17/h2-8H,17H2,1H3,(H,18,21). The number of aryl methyl sites for hydroxylation is 1. The van der Waals surface area contributed by atoms with Gasteiger partial charge in [-0.3, -0.25) is 9.48 Å². The number of rotatable bonds is 2. The van der Waals surface area contributed by atoms with Gasteiger partial charge in [0.05, 0.1) is 11.1 Å². The van der Waals surface area contributed by atoms with Crippen molar-refractivity contribution >= 4 is 44.1 Å². The minimum atomic E-state index is -0.239. The number of fused-ring (bicyclic) bond motifs is 1. The lowest BCUT2D eigenvalue weighted by Crippen LogP contribution is -2.14. The summed E-state index contributed by atoms with van der Waals surface area (Å²) in [6.45, 7) is 0. The number of nitrogens with two attached hydrogens (primary N) is 1. The number of amides is 1. The van der Waals surface area contributed by atoms with Crippen molar-refractivity contribution < 1.29 is 4.79 Å². The van der Waals surface area contributed by atoms with Crippen molar-refractivity contribution in [3.8, 4) is 0 Å². The van der Waals surface area contributed by atoms with Crippen LogP contribution in [0.4, 0.5) is 11.4 Å². The minimum Gasteiger partial charge on any atom is -0.398 e. The van der Waals surface area contributed by atoms with Gasteiger partial charge in [-0.25, -0.2) is 0 Å². The fourth-order valence-electron chi connectivity index (χ4n) is 2.15. The number of hydrogen-bond acceptors (Lipinski definition) is 3. The molecular weight excluding hydrogens is 332 g/mol. The zero-order valence-electron chi connectivity index (χ0n) is 11.3. The first-order valence-corrected chi connectivity index (χ1v) is 7.12. The Labute approximate surface area is 129 Å². The van der Waals surface area contributed by atoms with Crippen molar-refractivity contribution in [2.45, 2.75) is 0 Å². The van der Waals surface area contributed by atoms with E-state index in [1.165, 1.54) is 0 Å². The van der Waals surface area contributed by atoms with Crippen LogP contribution in [0.1, 0.15) is 10.4 Å². The average molecular weight is 345 g/mol. The zero-order chi connectivity index (χ0) is 15.0. The van der Waals surface area contributed by atoms with Gasteiger partial charge >= 0.3 is 0 Å². The number of nitrogens with one attached hydrogen (secondary N) is 1. The molecule has 6 heteroatoms. The largest absolute Gasteiger partial charge is 0.398 e. The SMILES string of the molecule is Cn1cc2cc(NC(=O)c3cc(Br)ccc3N)ccc2n1. The van der Waals surface area contributed by atoms with Gasteiger partial charge in [-0.15, -0.1) is 0 Å². The Morgan fingerprint density at radius 3 is 2.90 bits per heavy atom. The summed E-state index contributed by atoms with van der Waals surface area (Å²) < 4.78 is 2.55. The first-order valence-electron chi connectivity index (χ1n) is 6.33. The van der Waals surface area contributed by atoms with E-state index in [2.05, 4.69) is 26.3 Å². The number of aromatic nitrogens is 2. The first kappa shape index (κ1) is 13.6. The Balaban J connectivity index is 1.90. The van der Waals surface area contributed by atoms with Crippen molar-refractivity contribution in [1.82, 2.24) is 9.78 Å². The summed E-state index contributed by atoms with van der Waals surface area (Å²) >= 11 is 3.34. The second kappa shape index (κ2) is 5.21. The predicted molar refractivity (Wildman–Crippen MR) is 87.2 cm³/mol. The molecule has 0 atom stereocenters. The molecule has 1 aromatic heterocycles. The topological polar surface area (TPSA) is 72.9 Å². The molecule has 1 heterocycles. The molecule has 21 heavy (non-hydrogen) atoms. The molecular formula is C15H13BrN4O. The summed E-state index contributed by atoms with van der Waals surface area (Å²) in [4.78, 5) is 12.3. The van der Waals surface area contributed by atoms with E-state index in [0.717, 1.165) is 15.4 Å². The van der Waals surface area contributed by atoms with E-state index in [-0.39, 0.29) is 5.91 Å². The van der Waals surface area contributed by atoms with Gasteiger partial charge in [0.15, 0.2) is 0 Å². The summed E-state index contributed by atoms with van der Waals surface area (Å²) in [6, 6.07) is 10.8. The summed E-state index contributed by atoms with van der Waals surface area (Å²) in [7, 11) is 1.86. The molecule has 3 N–H and O–H groups in total. The molecule has 106 valence electrons. The van der Waals surface area contributed by atoms with Crippen molar-refractivity contribution in [3.63, 3.8) is 0 Å². The van der Waals surface area contributed by atoms with E-state index in [1.807, 2.05) is 31.4 Å². The molecule has 0 bridgehead atoms. The summed E-state index contributed by atoms with van der Waals surface area (Å²) in [5.74, 6) is -0.239. The molecule has 0 unspecified atom stereocenters. The lowest BCUT2D eigenvalue weighted by molar-refractivity contribution is 0.102. The molecule has 0 radical (unpaired) electrons. The molecule has 0 saturated carbocycles. The third kappa shape index (κ3) is 2.75. The Morgan fingerprint density at radius 1 is 1.29 bits per heavy atom. The average Bonchev–Trinajstić information content (AvgIpc) is 2.80. The van der Waals surface area contributed by atoms with Crippen molar-refractivity contribution in [2.24, 2.45) is 7.05 Å². The van der Waals surface area contributed by atoms with Crippen LogP contribution >= 0.6 is 15.9 Å². The van der Waals surface area contributed by atoms with Crippen LogP contribution in [0.15, 0.2) is 47.1 Å². The number of hydrogen-bond donors (Lipinski definition) is 2. The minimum absolute atomic E-state index is 0.239. The molecule has 0 spiro atoms. The van der Waals surface area contributed by atoms with E-state index in [9.17, 15) is 4.79 Å². The maximum Gasteiger partial charge on any atom is 0.257 e. The van der Waals surface area contributed by atoms with Gasteiger partial charge in [-0.2, -0.15) is 5.10 Å². The third-order valence-electron chi connectivity index (χ3n) is 3.14. The lowest BCUT2D eigenvalue weighted by Gasteiger charge is -2.08. The number of halogens is 1. The Morgan fingerprint density at radius 2 is 2.10 bits per heavy atom. The van der Waals surface area contributed by atoms with Gasteiger partial charge in [0.25, 0.3) is 5.91 Å². The lowest BCUT2D eigenvalue weighted by atomic mass is 10.1. The highest BCUT2D eigenvalue weighted by Crippen LogP contribution is 2.22. The van der Waals surface area contributed by atoms with Crippen LogP contribution in [0.5, 0.6) is 0 Å². The maximum absolute atomic E-state index is 12.3. The van der Waals surface area contributed by atoms with E-state index >= 15 is 0 Å². The van der Waals surface area contributed by atoms with E-state index in [4.69, 9.17) is 5.73 Å². The van der Waals surface area contributed by atoms with Crippen molar-refractivity contribution in [1.29, 1.82) is 0 Å². The van der Waals surface area contributed by atoms with Gasteiger partial charge < -0.3 is 11.1 Å². The number of benzene rings is 2. The van der Waals surface area contributed by atoms with Crippen LogP contribution in [0.3, 0.4) is 0 Å². The molecule has 5 nitrogen and oxygen atoms in total. The molecule has 3 rings (SSSR count). The number of carbonyl (C=O) groups is 1. The Bertz CT molecular complexity index is 841. The third-order valence-corrected chi connectivity index (χ3v) is 3.63. The monoisotopic (exact) mass is 344 g/mol. The van der Waals surface area contributed by atoms with Gasteiger partial charge in [0, 0.05) is 34.5 Å². The van der Waals surface area contributed by atoms with E-state index in [0.29, 0.717) is 16.9 Å². The normalized spacial score (nSPS) is 10.8. The Kier molecular flexibility index (Phi) is 3.39. The molecule has 0 aliphatic rings. The van der Waals surface area contributed by atoms with Crippen LogP contribution < -0.4 is 11.1 Å². The highest BCUT2D eigenvalue weighted by molar-refractivity contribution is 9.10. The van der Waals surface area contributed by atoms with Crippen LogP contribution in [-0.4, -0.2) is 15.7 Å². The predicted octanol–water partition coefficient (Wildman–Crippen LogP) is 3.17. The highest BCUT2D eigenvalue weighted by atomic mass is 79.9. The van der Waals surface area contributed by atoms with Crippen molar-refractivity contribution in [2.75, 3.05) is 11.1 Å². The fraction of sp³-hybridized carbons (Fsp3) is 0.0667. The van der Waals surface area contributed by atoms with Crippen LogP contribution in [0, 0.1) is 0 Å². The number of nitrogens with zero attached hydrogens (tertiary/aromatic N) is 2. The van der Waals surface area contributed by atoms with Crippen LogP contribution in [-0.2, 0) is 7.05 Å². The summed E-state index contributed by atoms with van der Waals surface area (Å²) in [5.41, 5.74) is 8.32. The quantitative estimate of drug-likeness (QED) is 0.701. The highest BCUT2D eigenvalue weighted by Gasteiger charge is 2.11. The fourth-order valence-corrected chi connectivity index (χ4v) is 2.51. The van der Waals surface area contributed by atoms with Crippen LogP contribution in [0.25, 0.3) is 10.9 Å². The van der Waals surface area contributed by atoms with E-state index in [1.54, 1.807) is 22.9 Å². The van der Waals surface area contributed by atoms with Gasteiger partial charge in [-0.05, 0) is 36.4 Å². The van der Waals surface area contributed by atoms with Crippen molar-refractivity contribution in [3.05, 3.63) is 52.6 Å². The maximum atomic E-state index is 12.3. The van der Waals surface area contributed by atoms with Gasteiger partial charge in [0.1, 0.15) is 0 Å². The smallest absolute Gasteiger partial charge is 0.257 e. The van der Waals surface area contributed by atoms with Gasteiger partial charge in [0.2, 0.25) is 0 Å². The molecule has 0 aliphatic heterocycles. The molecule has 1 amide bonds.